The number of carboxylic acid groups (broad SMARTS) is 1. The number of halogens is 16. The Morgan fingerprint density at radius 1 is 0.609 bits per heavy atom. The summed E-state index contributed by atoms with van der Waals surface area (Å²) in [6, 6.07) is 10.7. The number of carboxylic acids is 1. The minimum absolute atomic E-state index is 0. The molecule has 0 aromatic heterocycles. The third kappa shape index (κ3) is 11.8. The molecular formula is C37H23Cl4F12KN2O8. The molecule has 6 rings (SSSR count). The van der Waals surface area contributed by atoms with Gasteiger partial charge in [-0.25, -0.2) is 9.59 Å². The van der Waals surface area contributed by atoms with Gasteiger partial charge in [-0.1, -0.05) is 68.8 Å². The standard InChI is InChI=1S/C19H11Cl2F6NO3.C18H9Cl2F6NO3.K.2H2O/c1-30-16(29)13-3-2-9(4-14(13)18(22,23)24)15-8-17(31-28-15,19(25,26)27)10-5-11(20)7-12(21)6-10;19-10-4-9(5-11(20)6-10)16(18(24,25)26)7-14(27-30-16)8-1-2-12(15(28)29)13(3-8)17(21,22)23;;;/h2-7H,8H2,1H3;1-6H,7H2,(H,28,29);;2*1H2/q;;+1;;/p-1. The number of aromatic carboxylic acids is 1. The molecule has 4 N–H and O–H groups in total. The second kappa shape index (κ2) is 20.7. The second-order valence-corrected chi connectivity index (χ2v) is 14.6. The summed E-state index contributed by atoms with van der Waals surface area (Å²) in [7, 11) is 0.902. The van der Waals surface area contributed by atoms with Gasteiger partial charge in [0.25, 0.3) is 11.2 Å². The first kappa shape index (κ1) is 56.8. The fourth-order valence-corrected chi connectivity index (χ4v) is 7.13. The average molecular weight is 1030 g/mol. The monoisotopic (exact) mass is 1030 g/mol. The molecule has 10 nitrogen and oxygen atoms in total. The largest absolute Gasteiger partial charge is 1.00 e. The molecule has 2 heterocycles. The number of rotatable bonds is 6. The Balaban J connectivity index is 0.000000421. The number of nitrogens with zero attached hydrogens (tertiary/aromatic N) is 2. The molecule has 0 radical (unpaired) electrons. The van der Waals surface area contributed by atoms with Crippen molar-refractivity contribution < 1.29 is 144 Å². The summed E-state index contributed by atoms with van der Waals surface area (Å²) < 4.78 is 168. The number of hydrogen-bond donors (Lipinski definition) is 1. The Morgan fingerprint density at radius 3 is 1.23 bits per heavy atom. The fraction of sp³-hybridized carbons (Fsp3) is 0.243. The van der Waals surface area contributed by atoms with E-state index in [0.29, 0.717) is 18.2 Å². The number of benzene rings is 4. The summed E-state index contributed by atoms with van der Waals surface area (Å²) in [5.41, 5.74) is -13.2. The maximum Gasteiger partial charge on any atom is 1.00 e. The Bertz CT molecular complexity index is 2430. The van der Waals surface area contributed by atoms with Crippen molar-refractivity contribution >= 4 is 69.8 Å². The number of esters is 1. The van der Waals surface area contributed by atoms with E-state index in [9.17, 15) is 62.3 Å². The Morgan fingerprint density at radius 2 is 0.938 bits per heavy atom. The maximum absolute atomic E-state index is 14.0. The number of hydrogen-bond acceptors (Lipinski definition) is 8. The molecule has 0 amide bonds. The van der Waals surface area contributed by atoms with Crippen LogP contribution in [0.25, 0.3) is 0 Å². The van der Waals surface area contributed by atoms with Crippen molar-refractivity contribution in [1.82, 2.24) is 0 Å². The van der Waals surface area contributed by atoms with E-state index in [1.54, 1.807) is 0 Å². The molecule has 0 saturated heterocycles. The Hall–Kier alpha value is -3.36. The van der Waals surface area contributed by atoms with Gasteiger partial charge >= 0.3 is 88.0 Å². The van der Waals surface area contributed by atoms with Crippen LogP contribution in [0.1, 0.15) is 66.9 Å². The molecule has 0 aliphatic carbocycles. The summed E-state index contributed by atoms with van der Waals surface area (Å²) in [6.45, 7) is 0. The summed E-state index contributed by atoms with van der Waals surface area (Å²) in [5.74, 6) is -3.08. The quantitative estimate of drug-likeness (QED) is 0.115. The topological polar surface area (TPSA) is 168 Å². The van der Waals surface area contributed by atoms with Gasteiger partial charge in [0.1, 0.15) is 0 Å². The molecule has 0 spiro atoms. The SMILES string of the molecule is COC(=O)c1ccc(C2=NOC(c3cc(Cl)cc(Cl)c3)(C(F)(F)F)C2)cc1C(F)(F)F.O.O=C(O)c1ccc(C2=NOC(c3cc(Cl)cc(Cl)c3)(C(F)(F)F)C2)cc1C(F)(F)F.[K+].[OH-]. The molecule has 27 heteroatoms. The first-order valence-electron chi connectivity index (χ1n) is 16.3. The van der Waals surface area contributed by atoms with Crippen LogP contribution in [0, 0.1) is 0 Å². The molecule has 0 saturated carbocycles. The van der Waals surface area contributed by atoms with E-state index in [1.807, 2.05) is 0 Å². The summed E-state index contributed by atoms with van der Waals surface area (Å²) >= 11 is 23.2. The van der Waals surface area contributed by atoms with Crippen LogP contribution in [0.2, 0.25) is 20.1 Å². The van der Waals surface area contributed by atoms with E-state index in [1.165, 1.54) is 12.1 Å². The predicted molar refractivity (Wildman–Crippen MR) is 200 cm³/mol. The van der Waals surface area contributed by atoms with E-state index in [2.05, 4.69) is 15.0 Å². The number of carbonyl (C=O) groups excluding carboxylic acids is 1. The normalized spacial score (nSPS) is 18.3. The summed E-state index contributed by atoms with van der Waals surface area (Å²) in [5, 5.41) is 15.3. The van der Waals surface area contributed by atoms with Crippen molar-refractivity contribution in [2.75, 3.05) is 7.11 Å². The first-order valence-corrected chi connectivity index (χ1v) is 17.9. The van der Waals surface area contributed by atoms with Crippen LogP contribution in [0.15, 0.2) is 83.1 Å². The van der Waals surface area contributed by atoms with Crippen molar-refractivity contribution in [3.8, 4) is 0 Å². The van der Waals surface area contributed by atoms with E-state index in [-0.39, 0.29) is 93.6 Å². The predicted octanol–water partition coefficient (Wildman–Crippen LogP) is 8.68. The Kier molecular flexibility index (Phi) is 18.3. The number of oxime groups is 2. The van der Waals surface area contributed by atoms with Gasteiger partial charge in [-0.15, -0.1) is 0 Å². The third-order valence-electron chi connectivity index (χ3n) is 8.98. The molecule has 64 heavy (non-hydrogen) atoms. The van der Waals surface area contributed by atoms with E-state index in [4.69, 9.17) is 61.2 Å². The van der Waals surface area contributed by atoms with Crippen LogP contribution in [0.3, 0.4) is 0 Å². The van der Waals surface area contributed by atoms with Crippen LogP contribution in [-0.4, -0.2) is 58.9 Å². The molecule has 4 aromatic rings. The van der Waals surface area contributed by atoms with Crippen molar-refractivity contribution in [1.29, 1.82) is 0 Å². The zero-order valence-corrected chi connectivity index (χ0v) is 37.9. The van der Waals surface area contributed by atoms with E-state index in [0.717, 1.165) is 49.6 Å². The van der Waals surface area contributed by atoms with Crippen LogP contribution in [-0.2, 0) is 38.0 Å². The molecule has 342 valence electrons. The maximum atomic E-state index is 14.0. The first-order chi connectivity index (χ1) is 28.0. The van der Waals surface area contributed by atoms with Crippen LogP contribution in [0.5, 0.6) is 0 Å². The zero-order chi connectivity index (χ0) is 45.7. The molecule has 0 bridgehead atoms. The van der Waals surface area contributed by atoms with Crippen LogP contribution in [0.4, 0.5) is 52.7 Å². The van der Waals surface area contributed by atoms with Crippen LogP contribution < -0.4 is 51.4 Å². The Labute approximate surface area is 414 Å². The van der Waals surface area contributed by atoms with Gasteiger partial charge in [-0.05, 0) is 60.7 Å². The van der Waals surface area contributed by atoms with Crippen molar-refractivity contribution in [2.24, 2.45) is 10.3 Å². The van der Waals surface area contributed by atoms with Gasteiger partial charge < -0.3 is 30.5 Å². The average Bonchev–Trinajstić information content (AvgIpc) is 3.81. The summed E-state index contributed by atoms with van der Waals surface area (Å²) in [6.07, 6.45) is -22.0. The number of methoxy groups -OCH3 is 1. The number of ether oxygens (including phenoxy) is 1. The smallest absolute Gasteiger partial charge is 0.870 e. The van der Waals surface area contributed by atoms with Gasteiger partial charge in [0.2, 0.25) is 0 Å². The second-order valence-electron chi connectivity index (χ2n) is 12.9. The number of alkyl halides is 12. The van der Waals surface area contributed by atoms with Gasteiger partial charge in [-0.2, -0.15) is 52.7 Å². The van der Waals surface area contributed by atoms with Gasteiger partial charge in [0.05, 0.1) is 40.8 Å². The molecule has 0 fully saturated rings. The zero-order valence-electron chi connectivity index (χ0n) is 31.7. The summed E-state index contributed by atoms with van der Waals surface area (Å²) in [4.78, 5) is 32.2. The third-order valence-corrected chi connectivity index (χ3v) is 9.85. The molecule has 2 atom stereocenters. The minimum Gasteiger partial charge on any atom is -0.870 e. The van der Waals surface area contributed by atoms with Crippen molar-refractivity contribution in [3.05, 3.63) is 137 Å². The van der Waals surface area contributed by atoms with Gasteiger partial charge in [0, 0.05) is 55.2 Å². The molecule has 2 aliphatic rings. The van der Waals surface area contributed by atoms with Crippen molar-refractivity contribution in [3.63, 3.8) is 0 Å². The number of carbonyl (C=O) groups is 2. The fourth-order valence-electron chi connectivity index (χ4n) is 6.08. The van der Waals surface area contributed by atoms with E-state index < -0.39 is 105 Å². The molecule has 2 aliphatic heterocycles. The van der Waals surface area contributed by atoms with E-state index >= 15 is 0 Å². The van der Waals surface area contributed by atoms with Gasteiger partial charge in [0.15, 0.2) is 0 Å². The minimum atomic E-state index is -5.05. The van der Waals surface area contributed by atoms with Crippen LogP contribution >= 0.6 is 46.4 Å². The van der Waals surface area contributed by atoms with Crippen molar-refractivity contribution in [2.45, 2.75) is 48.7 Å². The molecule has 4 aromatic carbocycles. The van der Waals surface area contributed by atoms with Gasteiger partial charge in [-0.3, -0.25) is 0 Å². The molecule has 2 unspecified atom stereocenters. The molecular weight excluding hydrogens is 1010 g/mol.